The maximum atomic E-state index is 13.1. The SMILES string of the molecule is CCCCCCCCCCCCCCCCC(=O)O[C@H](COC(=O)CCCCCCCCCCCC(C)C)COP(=O)(O)OC[C@H](O)COP(=O)(O)OC[C@@H](COC(=O)CCCCCCCCCCCCCCCCCC(C)C)OC(=O)CCCCCCCCCCCCCCCCCC(C)C. The molecule has 0 aliphatic rings. The first-order valence-electron chi connectivity index (χ1n) is 42.8. The minimum Gasteiger partial charge on any atom is -0.462 e. The molecule has 0 spiro atoms. The minimum atomic E-state index is -4.96. The van der Waals surface area contributed by atoms with Crippen LogP contribution in [0.15, 0.2) is 0 Å². The highest BCUT2D eigenvalue weighted by molar-refractivity contribution is 7.47. The summed E-state index contributed by atoms with van der Waals surface area (Å²) in [7, 11) is -9.92. The second-order valence-electron chi connectivity index (χ2n) is 31.3. The molecule has 0 rings (SSSR count). The van der Waals surface area contributed by atoms with Gasteiger partial charge in [-0.25, -0.2) is 9.13 Å². The monoisotopic (exact) mass is 1490 g/mol. The lowest BCUT2D eigenvalue weighted by Crippen LogP contribution is -2.30. The van der Waals surface area contributed by atoms with Gasteiger partial charge in [0.05, 0.1) is 26.4 Å². The van der Waals surface area contributed by atoms with Crippen LogP contribution in [-0.4, -0.2) is 96.7 Å². The summed E-state index contributed by atoms with van der Waals surface area (Å²) >= 11 is 0. The third-order valence-corrected chi connectivity index (χ3v) is 21.3. The van der Waals surface area contributed by atoms with Crippen molar-refractivity contribution in [1.82, 2.24) is 0 Å². The van der Waals surface area contributed by atoms with Crippen LogP contribution < -0.4 is 0 Å². The first-order valence-corrected chi connectivity index (χ1v) is 45.8. The van der Waals surface area contributed by atoms with E-state index in [1.54, 1.807) is 0 Å². The summed E-state index contributed by atoms with van der Waals surface area (Å²) in [6.07, 6.45) is 62.3. The Labute approximate surface area is 626 Å². The zero-order valence-electron chi connectivity index (χ0n) is 67.1. The number of carbonyl (C=O) groups is 4. The van der Waals surface area contributed by atoms with E-state index in [9.17, 15) is 43.2 Å². The van der Waals surface area contributed by atoms with Crippen molar-refractivity contribution in [2.45, 2.75) is 452 Å². The Morgan fingerprint density at radius 1 is 0.265 bits per heavy atom. The summed E-state index contributed by atoms with van der Waals surface area (Å²) in [6, 6.07) is 0. The second-order valence-corrected chi connectivity index (χ2v) is 34.2. The maximum Gasteiger partial charge on any atom is 0.472 e. The summed E-state index contributed by atoms with van der Waals surface area (Å²) in [5.74, 6) is 0.246. The van der Waals surface area contributed by atoms with Gasteiger partial charge < -0.3 is 33.8 Å². The van der Waals surface area contributed by atoms with Crippen LogP contribution >= 0.6 is 15.6 Å². The first-order chi connectivity index (χ1) is 49.2. The third kappa shape index (κ3) is 76.3. The molecule has 0 heterocycles. The lowest BCUT2D eigenvalue weighted by atomic mass is 10.0. The van der Waals surface area contributed by atoms with Crippen molar-refractivity contribution in [2.24, 2.45) is 17.8 Å². The number of aliphatic hydroxyl groups excluding tert-OH is 1. The molecule has 0 saturated carbocycles. The Kier molecular flexibility index (Phi) is 71.8. The van der Waals surface area contributed by atoms with E-state index in [-0.39, 0.29) is 25.7 Å². The minimum absolute atomic E-state index is 0.108. The fraction of sp³-hybridized carbons (Fsp3) is 0.952. The van der Waals surface area contributed by atoms with Crippen molar-refractivity contribution in [3.05, 3.63) is 0 Å². The Balaban J connectivity index is 5.26. The van der Waals surface area contributed by atoms with Gasteiger partial charge in [0.2, 0.25) is 0 Å². The molecule has 3 N–H and O–H groups in total. The van der Waals surface area contributed by atoms with Crippen LogP contribution in [0.5, 0.6) is 0 Å². The van der Waals surface area contributed by atoms with E-state index in [0.717, 1.165) is 108 Å². The van der Waals surface area contributed by atoms with Crippen LogP contribution in [0, 0.1) is 17.8 Å². The highest BCUT2D eigenvalue weighted by Crippen LogP contribution is 2.45. The molecule has 5 atom stereocenters. The van der Waals surface area contributed by atoms with Gasteiger partial charge in [-0.2, -0.15) is 0 Å². The Bertz CT molecular complexity index is 1970. The molecule has 0 fully saturated rings. The Hall–Kier alpha value is -1.94. The van der Waals surface area contributed by atoms with Gasteiger partial charge in [-0.3, -0.25) is 37.3 Å². The van der Waals surface area contributed by atoms with E-state index in [0.29, 0.717) is 25.7 Å². The van der Waals surface area contributed by atoms with Gasteiger partial charge in [0.25, 0.3) is 0 Å². The predicted octanol–water partition coefficient (Wildman–Crippen LogP) is 24.9. The van der Waals surface area contributed by atoms with Crippen molar-refractivity contribution < 1.29 is 80.2 Å². The summed E-state index contributed by atoms with van der Waals surface area (Å²) < 4.78 is 68.8. The predicted molar refractivity (Wildman–Crippen MR) is 418 cm³/mol. The van der Waals surface area contributed by atoms with E-state index in [2.05, 4.69) is 48.5 Å². The molecule has 0 radical (unpaired) electrons. The molecule has 0 aliphatic carbocycles. The molecule has 19 heteroatoms. The molecule has 0 amide bonds. The number of phosphoric acid groups is 2. The van der Waals surface area contributed by atoms with Crippen LogP contribution in [0.4, 0.5) is 0 Å². The van der Waals surface area contributed by atoms with E-state index < -0.39 is 97.5 Å². The van der Waals surface area contributed by atoms with Crippen molar-refractivity contribution >= 4 is 39.5 Å². The van der Waals surface area contributed by atoms with Gasteiger partial charge in [0.1, 0.15) is 19.3 Å². The number of rotatable bonds is 81. The first kappa shape index (κ1) is 100. The van der Waals surface area contributed by atoms with E-state index >= 15 is 0 Å². The number of unbranched alkanes of at least 4 members (excludes halogenated alkanes) is 49. The van der Waals surface area contributed by atoms with Crippen molar-refractivity contribution in [1.29, 1.82) is 0 Å². The van der Waals surface area contributed by atoms with Crippen LogP contribution in [0.25, 0.3) is 0 Å². The fourth-order valence-corrected chi connectivity index (χ4v) is 14.4. The average Bonchev–Trinajstić information content (AvgIpc) is 0.909. The van der Waals surface area contributed by atoms with Gasteiger partial charge in [0, 0.05) is 25.7 Å². The molecule has 606 valence electrons. The quantitative estimate of drug-likeness (QED) is 0.0222. The van der Waals surface area contributed by atoms with E-state index in [4.69, 9.17) is 37.0 Å². The second kappa shape index (κ2) is 73.2. The average molecular weight is 1490 g/mol. The van der Waals surface area contributed by atoms with Crippen molar-refractivity contribution in [2.75, 3.05) is 39.6 Å². The van der Waals surface area contributed by atoms with Crippen LogP contribution in [-0.2, 0) is 65.4 Å². The summed E-state index contributed by atoms with van der Waals surface area (Å²) in [4.78, 5) is 73.1. The number of ether oxygens (including phenoxy) is 4. The van der Waals surface area contributed by atoms with Crippen LogP contribution in [0.1, 0.15) is 434 Å². The molecule has 0 bridgehead atoms. The Morgan fingerprint density at radius 3 is 0.667 bits per heavy atom. The van der Waals surface area contributed by atoms with Crippen molar-refractivity contribution in [3.63, 3.8) is 0 Å². The van der Waals surface area contributed by atoms with Crippen LogP contribution in [0.3, 0.4) is 0 Å². The number of hydrogen-bond acceptors (Lipinski definition) is 15. The smallest absolute Gasteiger partial charge is 0.462 e. The summed E-state index contributed by atoms with van der Waals surface area (Å²) in [5.41, 5.74) is 0. The lowest BCUT2D eigenvalue weighted by molar-refractivity contribution is -0.161. The molecule has 0 aliphatic heterocycles. The lowest BCUT2D eigenvalue weighted by Gasteiger charge is -2.21. The zero-order valence-corrected chi connectivity index (χ0v) is 68.9. The molecular formula is C83H162O17P2. The molecule has 102 heavy (non-hydrogen) atoms. The number of carbonyl (C=O) groups excluding carboxylic acids is 4. The summed E-state index contributed by atoms with van der Waals surface area (Å²) in [5, 5.41) is 10.7. The van der Waals surface area contributed by atoms with Gasteiger partial charge in [0.15, 0.2) is 12.2 Å². The number of esters is 4. The standard InChI is InChI=1S/C83H162O17P2/c1-8-9-10-11-12-13-14-15-24-30-37-45-52-59-66-82(87)100-79(71-94-81(86)65-58-51-44-39-32-35-42-49-56-63-76(6)7)73-98-102(91,92)96-69-77(84)68-95-101(89,90)97-72-78(99-83(88)67-60-53-46-38-31-26-21-17-19-23-28-34-41-48-55-62-75(4)5)70-93-80(85)64-57-50-43-36-29-25-20-16-18-22-27-33-40-47-54-61-74(2)3/h74-79,84H,8-73H2,1-7H3,(H,89,90)(H,91,92)/t77-,78-,79-/m1/s1. The molecular weight excluding hydrogens is 1330 g/mol. The van der Waals surface area contributed by atoms with Crippen molar-refractivity contribution in [3.8, 4) is 0 Å². The van der Waals surface area contributed by atoms with E-state index in [1.807, 2.05) is 0 Å². The number of aliphatic hydroxyl groups is 1. The third-order valence-electron chi connectivity index (χ3n) is 19.4. The fourth-order valence-electron chi connectivity index (χ4n) is 12.8. The molecule has 2 unspecified atom stereocenters. The number of hydrogen-bond donors (Lipinski definition) is 3. The topological polar surface area (TPSA) is 237 Å². The molecule has 0 aromatic heterocycles. The normalized spacial score (nSPS) is 13.9. The van der Waals surface area contributed by atoms with Gasteiger partial charge in [-0.05, 0) is 43.4 Å². The highest BCUT2D eigenvalue weighted by atomic mass is 31.2. The van der Waals surface area contributed by atoms with Gasteiger partial charge in [-0.15, -0.1) is 0 Å². The molecule has 0 saturated heterocycles. The van der Waals surface area contributed by atoms with Gasteiger partial charge >= 0.3 is 39.5 Å². The Morgan fingerprint density at radius 2 is 0.451 bits per heavy atom. The van der Waals surface area contributed by atoms with Crippen LogP contribution in [0.2, 0.25) is 0 Å². The van der Waals surface area contributed by atoms with Gasteiger partial charge in [-0.1, -0.05) is 382 Å². The number of phosphoric ester groups is 2. The maximum absolute atomic E-state index is 13.1. The molecule has 0 aromatic carbocycles. The highest BCUT2D eigenvalue weighted by Gasteiger charge is 2.30. The molecule has 17 nitrogen and oxygen atoms in total. The summed E-state index contributed by atoms with van der Waals surface area (Å²) in [6.45, 7) is 12.0. The zero-order chi connectivity index (χ0) is 75.1. The van der Waals surface area contributed by atoms with E-state index in [1.165, 1.54) is 244 Å². The molecule has 0 aromatic rings. The largest absolute Gasteiger partial charge is 0.472 e.